The fourth-order valence-electron chi connectivity index (χ4n) is 6.09. The average molecular weight is 417 g/mol. The zero-order valence-electron chi connectivity index (χ0n) is 16.6. The minimum atomic E-state index is -0.168. The third-order valence-electron chi connectivity index (χ3n) is 6.85. The number of thioether (sulfide) groups is 1. The van der Waals surface area contributed by atoms with Gasteiger partial charge in [0, 0.05) is 12.1 Å². The lowest BCUT2D eigenvalue weighted by molar-refractivity contribution is -0.126. The number of amides is 1. The van der Waals surface area contributed by atoms with E-state index in [4.69, 9.17) is 0 Å². The maximum atomic E-state index is 13.1. The Bertz CT molecular complexity index is 825. The summed E-state index contributed by atoms with van der Waals surface area (Å²) in [6.07, 6.45) is 7.75. The van der Waals surface area contributed by atoms with Crippen LogP contribution in [-0.4, -0.2) is 31.5 Å². The summed E-state index contributed by atoms with van der Waals surface area (Å²) >= 11 is 3.20. The van der Waals surface area contributed by atoms with Crippen LogP contribution in [0.5, 0.6) is 0 Å². The Labute approximate surface area is 174 Å². The van der Waals surface area contributed by atoms with Crippen LogP contribution in [0.1, 0.15) is 52.4 Å². The van der Waals surface area contributed by atoms with Crippen molar-refractivity contribution in [3.05, 3.63) is 17.5 Å². The molecule has 2 aromatic rings. The van der Waals surface area contributed by atoms with E-state index >= 15 is 0 Å². The zero-order valence-corrected chi connectivity index (χ0v) is 18.2. The molecule has 5 nitrogen and oxygen atoms in total. The van der Waals surface area contributed by atoms with Gasteiger partial charge in [0.1, 0.15) is 0 Å². The molecule has 0 aromatic carbocycles. The third kappa shape index (κ3) is 3.30. The van der Waals surface area contributed by atoms with Crippen LogP contribution < -0.4 is 5.32 Å². The Balaban J connectivity index is 1.28. The summed E-state index contributed by atoms with van der Waals surface area (Å²) < 4.78 is 2.12. The second kappa shape index (κ2) is 7.17. The van der Waals surface area contributed by atoms with Gasteiger partial charge in [0.15, 0.2) is 11.0 Å². The molecule has 4 fully saturated rings. The van der Waals surface area contributed by atoms with Crippen LogP contribution >= 0.6 is 23.1 Å². The molecule has 0 saturated heterocycles. The van der Waals surface area contributed by atoms with Crippen molar-refractivity contribution in [3.63, 3.8) is 0 Å². The first kappa shape index (κ1) is 18.7. The van der Waals surface area contributed by atoms with Gasteiger partial charge in [0.25, 0.3) is 0 Å². The SMILES string of the molecule is CCn1c(SC(C)C(=O)NC23CC4CC(CC(C4)C2)C3)nnc1-c1cccs1. The van der Waals surface area contributed by atoms with Crippen LogP contribution in [0.2, 0.25) is 0 Å². The summed E-state index contributed by atoms with van der Waals surface area (Å²) in [4.78, 5) is 14.2. The highest BCUT2D eigenvalue weighted by Gasteiger charge is 2.51. The molecule has 2 heterocycles. The van der Waals surface area contributed by atoms with Crippen LogP contribution in [-0.2, 0) is 11.3 Å². The first-order valence-electron chi connectivity index (χ1n) is 10.5. The van der Waals surface area contributed by atoms with Crippen LogP contribution in [0.15, 0.2) is 22.7 Å². The summed E-state index contributed by atoms with van der Waals surface area (Å²) in [5.74, 6) is 3.58. The maximum Gasteiger partial charge on any atom is 0.233 e. The molecule has 0 radical (unpaired) electrons. The van der Waals surface area contributed by atoms with Crippen molar-refractivity contribution in [2.24, 2.45) is 17.8 Å². The van der Waals surface area contributed by atoms with Crippen molar-refractivity contribution >= 4 is 29.0 Å². The predicted octanol–water partition coefficient (Wildman–Crippen LogP) is 4.59. The molecule has 0 aliphatic heterocycles. The minimum absolute atomic E-state index is 0.0706. The van der Waals surface area contributed by atoms with Crippen molar-refractivity contribution < 1.29 is 4.79 Å². The van der Waals surface area contributed by atoms with Crippen LogP contribution in [0, 0.1) is 17.8 Å². The molecule has 2 aromatic heterocycles. The van der Waals surface area contributed by atoms with E-state index in [2.05, 4.69) is 38.5 Å². The topological polar surface area (TPSA) is 59.8 Å². The molecule has 4 aliphatic carbocycles. The number of nitrogens with one attached hydrogen (secondary N) is 1. The second-order valence-corrected chi connectivity index (χ2v) is 11.2. The first-order valence-corrected chi connectivity index (χ1v) is 12.3. The normalized spacial score (nSPS) is 31.9. The van der Waals surface area contributed by atoms with Crippen molar-refractivity contribution in [2.75, 3.05) is 0 Å². The minimum Gasteiger partial charge on any atom is -0.350 e. The summed E-state index contributed by atoms with van der Waals surface area (Å²) in [5, 5.41) is 15.0. The maximum absolute atomic E-state index is 13.1. The van der Waals surface area contributed by atoms with Gasteiger partial charge in [-0.1, -0.05) is 17.8 Å². The molecule has 28 heavy (non-hydrogen) atoms. The molecular weight excluding hydrogens is 388 g/mol. The summed E-state index contributed by atoms with van der Waals surface area (Å²) in [5.41, 5.74) is 0.0706. The van der Waals surface area contributed by atoms with Gasteiger partial charge in [-0.15, -0.1) is 21.5 Å². The molecular formula is C21H28N4OS2. The Kier molecular flexibility index (Phi) is 4.78. The lowest BCUT2D eigenvalue weighted by Crippen LogP contribution is -2.60. The molecule has 1 atom stereocenters. The molecule has 4 bridgehead atoms. The van der Waals surface area contributed by atoms with Gasteiger partial charge in [-0.3, -0.25) is 4.79 Å². The van der Waals surface area contributed by atoms with Gasteiger partial charge >= 0.3 is 0 Å². The van der Waals surface area contributed by atoms with E-state index in [-0.39, 0.29) is 16.7 Å². The number of hydrogen-bond donors (Lipinski definition) is 1. The van der Waals surface area contributed by atoms with Gasteiger partial charge < -0.3 is 9.88 Å². The molecule has 150 valence electrons. The monoisotopic (exact) mass is 416 g/mol. The van der Waals surface area contributed by atoms with Crippen molar-refractivity contribution in [1.82, 2.24) is 20.1 Å². The molecule has 1 amide bonds. The van der Waals surface area contributed by atoms with Gasteiger partial charge in [-0.2, -0.15) is 0 Å². The Morgan fingerprint density at radius 2 is 1.96 bits per heavy atom. The molecule has 6 rings (SSSR count). The molecule has 1 N–H and O–H groups in total. The van der Waals surface area contributed by atoms with E-state index in [9.17, 15) is 4.79 Å². The van der Waals surface area contributed by atoms with Gasteiger partial charge in [-0.05, 0) is 81.6 Å². The zero-order chi connectivity index (χ0) is 19.3. The van der Waals surface area contributed by atoms with E-state index in [1.807, 2.05) is 13.0 Å². The highest BCUT2D eigenvalue weighted by Crippen LogP contribution is 2.55. The molecule has 7 heteroatoms. The Morgan fingerprint density at radius 3 is 2.54 bits per heavy atom. The second-order valence-electron chi connectivity index (χ2n) is 8.97. The number of nitrogens with zero attached hydrogens (tertiary/aromatic N) is 3. The number of aromatic nitrogens is 3. The fourth-order valence-corrected chi connectivity index (χ4v) is 7.72. The van der Waals surface area contributed by atoms with Crippen molar-refractivity contribution in [2.45, 2.75) is 74.9 Å². The molecule has 4 aliphatic rings. The average Bonchev–Trinajstić information content (AvgIpc) is 3.29. The predicted molar refractivity (Wildman–Crippen MR) is 113 cm³/mol. The van der Waals surface area contributed by atoms with Crippen molar-refractivity contribution in [3.8, 4) is 10.7 Å². The summed E-state index contributed by atoms with van der Waals surface area (Å²) in [6, 6.07) is 4.10. The number of carbonyl (C=O) groups is 1. The smallest absolute Gasteiger partial charge is 0.233 e. The van der Waals surface area contributed by atoms with Crippen LogP contribution in [0.25, 0.3) is 10.7 Å². The highest BCUT2D eigenvalue weighted by molar-refractivity contribution is 8.00. The quantitative estimate of drug-likeness (QED) is 0.700. The molecule has 0 spiro atoms. The standard InChI is InChI=1S/C21H28N4OS2/c1-3-25-18(17-5-4-6-27-17)23-24-20(25)28-13(2)19(26)22-21-10-14-7-15(11-21)9-16(8-14)12-21/h4-6,13-16H,3,7-12H2,1-2H3,(H,22,26). The molecule has 1 unspecified atom stereocenters. The highest BCUT2D eigenvalue weighted by atomic mass is 32.2. The van der Waals surface area contributed by atoms with E-state index < -0.39 is 0 Å². The van der Waals surface area contributed by atoms with Gasteiger partial charge in [0.2, 0.25) is 5.91 Å². The van der Waals surface area contributed by atoms with Gasteiger partial charge in [-0.25, -0.2) is 0 Å². The first-order chi connectivity index (χ1) is 13.5. The van der Waals surface area contributed by atoms with Crippen molar-refractivity contribution in [1.29, 1.82) is 0 Å². The van der Waals surface area contributed by atoms with E-state index in [1.165, 1.54) is 50.3 Å². The number of rotatable bonds is 6. The Morgan fingerprint density at radius 1 is 1.29 bits per heavy atom. The van der Waals surface area contributed by atoms with Crippen LogP contribution in [0.4, 0.5) is 0 Å². The number of carbonyl (C=O) groups excluding carboxylic acids is 1. The number of thiophene rings is 1. The lowest BCUT2D eigenvalue weighted by atomic mass is 9.53. The van der Waals surface area contributed by atoms with E-state index in [0.717, 1.165) is 40.2 Å². The summed E-state index contributed by atoms with van der Waals surface area (Å²) in [7, 11) is 0. The third-order valence-corrected chi connectivity index (χ3v) is 8.80. The number of hydrogen-bond acceptors (Lipinski definition) is 5. The van der Waals surface area contributed by atoms with E-state index in [0.29, 0.717) is 0 Å². The largest absolute Gasteiger partial charge is 0.350 e. The fraction of sp³-hybridized carbons (Fsp3) is 0.667. The van der Waals surface area contributed by atoms with Crippen LogP contribution in [0.3, 0.4) is 0 Å². The molecule has 4 saturated carbocycles. The summed E-state index contributed by atoms with van der Waals surface area (Å²) in [6.45, 7) is 4.90. The lowest BCUT2D eigenvalue weighted by Gasteiger charge is -2.57. The Hall–Kier alpha value is -1.34. The van der Waals surface area contributed by atoms with Gasteiger partial charge in [0.05, 0.1) is 10.1 Å². The van der Waals surface area contributed by atoms with E-state index in [1.54, 1.807) is 11.3 Å².